The van der Waals surface area contributed by atoms with Gasteiger partial charge in [0.05, 0.1) is 13.7 Å². The van der Waals surface area contributed by atoms with Crippen LogP contribution in [0.3, 0.4) is 0 Å². The van der Waals surface area contributed by atoms with E-state index in [9.17, 15) is 0 Å². The van der Waals surface area contributed by atoms with Crippen molar-refractivity contribution in [3.63, 3.8) is 0 Å². The second-order valence-electron chi connectivity index (χ2n) is 4.04. The van der Waals surface area contributed by atoms with Crippen molar-refractivity contribution in [1.29, 1.82) is 0 Å². The summed E-state index contributed by atoms with van der Waals surface area (Å²) in [4.78, 5) is 0. The molecule has 19 heavy (non-hydrogen) atoms. The molecule has 0 aliphatic heterocycles. The summed E-state index contributed by atoms with van der Waals surface area (Å²) in [5.74, 6) is 1.47. The number of ether oxygens (including phenoxy) is 3. The summed E-state index contributed by atoms with van der Waals surface area (Å²) < 4.78 is 16.0. The molecule has 108 valence electrons. The van der Waals surface area contributed by atoms with E-state index in [0.29, 0.717) is 19.8 Å². The van der Waals surface area contributed by atoms with Crippen LogP contribution in [0.25, 0.3) is 0 Å². The molecule has 0 atom stereocenters. The van der Waals surface area contributed by atoms with Crippen molar-refractivity contribution < 1.29 is 19.3 Å². The van der Waals surface area contributed by atoms with Crippen LogP contribution in [0.1, 0.15) is 12.0 Å². The Hall–Kier alpha value is -1.30. The van der Waals surface area contributed by atoms with Crippen LogP contribution in [0.5, 0.6) is 11.5 Å². The molecule has 1 aromatic carbocycles. The average Bonchev–Trinajstić information content (AvgIpc) is 2.44. The minimum absolute atomic E-state index is 0.197. The number of nitrogens with one attached hydrogen (secondary N) is 1. The topological polar surface area (TPSA) is 60.0 Å². The molecular weight excluding hydrogens is 246 g/mol. The third-order valence-corrected chi connectivity index (χ3v) is 2.64. The Morgan fingerprint density at radius 3 is 2.74 bits per heavy atom. The third kappa shape index (κ3) is 5.46. The first-order valence-corrected chi connectivity index (χ1v) is 6.42. The van der Waals surface area contributed by atoms with Crippen LogP contribution in [0.2, 0.25) is 0 Å². The minimum Gasteiger partial charge on any atom is -0.493 e. The number of hydrogen-bond acceptors (Lipinski definition) is 5. The fourth-order valence-corrected chi connectivity index (χ4v) is 1.68. The van der Waals surface area contributed by atoms with E-state index in [1.807, 2.05) is 18.2 Å². The smallest absolute Gasteiger partial charge is 0.165 e. The largest absolute Gasteiger partial charge is 0.493 e. The molecule has 2 N–H and O–H groups in total. The number of benzene rings is 1. The number of hydrogen-bond donors (Lipinski definition) is 2. The maximum absolute atomic E-state index is 8.74. The van der Waals surface area contributed by atoms with E-state index in [4.69, 9.17) is 19.3 Å². The summed E-state index contributed by atoms with van der Waals surface area (Å²) in [6.07, 6.45) is 0.740. The highest BCUT2D eigenvalue weighted by molar-refractivity contribution is 5.46. The molecule has 1 rings (SSSR count). The molecule has 0 heterocycles. The molecular formula is C14H23NO4. The molecule has 0 radical (unpaired) electrons. The Labute approximate surface area is 114 Å². The van der Waals surface area contributed by atoms with Gasteiger partial charge in [-0.05, 0) is 19.0 Å². The zero-order valence-corrected chi connectivity index (χ0v) is 11.6. The van der Waals surface area contributed by atoms with Gasteiger partial charge in [0.1, 0.15) is 6.61 Å². The summed E-state index contributed by atoms with van der Waals surface area (Å²) in [6.45, 7) is 2.67. The van der Waals surface area contributed by atoms with Crippen LogP contribution in [0, 0.1) is 0 Å². The van der Waals surface area contributed by atoms with Crippen molar-refractivity contribution in [3.05, 3.63) is 23.8 Å². The molecule has 0 aliphatic carbocycles. The van der Waals surface area contributed by atoms with Gasteiger partial charge in [0.25, 0.3) is 0 Å². The lowest BCUT2D eigenvalue weighted by molar-refractivity contribution is 0.143. The predicted octanol–water partition coefficient (Wildman–Crippen LogP) is 1.19. The van der Waals surface area contributed by atoms with Gasteiger partial charge in [-0.3, -0.25) is 0 Å². The molecule has 5 nitrogen and oxygen atoms in total. The number of aliphatic hydroxyl groups excluding tert-OH is 1. The third-order valence-electron chi connectivity index (χ3n) is 2.64. The van der Waals surface area contributed by atoms with Crippen molar-refractivity contribution in [3.8, 4) is 11.5 Å². The number of rotatable bonds is 10. The Kier molecular flexibility index (Phi) is 7.97. The number of methoxy groups -OCH3 is 2. The molecule has 0 spiro atoms. The highest BCUT2D eigenvalue weighted by atomic mass is 16.5. The van der Waals surface area contributed by atoms with E-state index >= 15 is 0 Å². The van der Waals surface area contributed by atoms with E-state index in [1.54, 1.807) is 14.2 Å². The zero-order valence-electron chi connectivity index (χ0n) is 11.6. The summed E-state index contributed by atoms with van der Waals surface area (Å²) in [7, 11) is 3.27. The fourth-order valence-electron chi connectivity index (χ4n) is 1.68. The minimum atomic E-state index is 0.197. The Morgan fingerprint density at radius 2 is 2.05 bits per heavy atom. The molecule has 0 saturated heterocycles. The van der Waals surface area contributed by atoms with Gasteiger partial charge in [0, 0.05) is 25.8 Å². The first kappa shape index (κ1) is 15.8. The van der Waals surface area contributed by atoms with Crippen LogP contribution < -0.4 is 14.8 Å². The molecule has 1 aromatic rings. The second-order valence-corrected chi connectivity index (χ2v) is 4.04. The fraction of sp³-hybridized carbons (Fsp3) is 0.571. The van der Waals surface area contributed by atoms with E-state index in [0.717, 1.165) is 30.0 Å². The van der Waals surface area contributed by atoms with Gasteiger partial charge in [-0.1, -0.05) is 12.1 Å². The maximum Gasteiger partial charge on any atom is 0.165 e. The van der Waals surface area contributed by atoms with Gasteiger partial charge in [0.15, 0.2) is 11.5 Å². The van der Waals surface area contributed by atoms with Crippen LogP contribution in [0.4, 0.5) is 0 Å². The van der Waals surface area contributed by atoms with Gasteiger partial charge >= 0.3 is 0 Å². The molecule has 0 saturated carbocycles. The van der Waals surface area contributed by atoms with Crippen molar-refractivity contribution in [2.75, 3.05) is 40.6 Å². The van der Waals surface area contributed by atoms with Gasteiger partial charge in [0.2, 0.25) is 0 Å². The summed E-state index contributed by atoms with van der Waals surface area (Å²) in [5, 5.41) is 12.0. The Balaban J connectivity index is 2.65. The first-order valence-electron chi connectivity index (χ1n) is 6.42. The summed E-state index contributed by atoms with van der Waals surface area (Å²) in [6, 6.07) is 5.81. The summed E-state index contributed by atoms with van der Waals surface area (Å²) >= 11 is 0. The summed E-state index contributed by atoms with van der Waals surface area (Å²) in [5.41, 5.74) is 1.04. The molecule has 5 heteroatoms. The molecule has 0 amide bonds. The van der Waals surface area contributed by atoms with Gasteiger partial charge < -0.3 is 24.6 Å². The lowest BCUT2D eigenvalue weighted by Gasteiger charge is -2.15. The standard InChI is InChI=1S/C14H23NO4/c1-17-9-10-19-14-12(11-15-7-4-8-16)5-3-6-13(14)18-2/h3,5-6,15-16H,4,7-11H2,1-2H3. The van der Waals surface area contributed by atoms with E-state index in [1.165, 1.54) is 0 Å². The monoisotopic (exact) mass is 269 g/mol. The quantitative estimate of drug-likeness (QED) is 0.625. The first-order chi connectivity index (χ1) is 9.33. The lowest BCUT2D eigenvalue weighted by Crippen LogP contribution is -2.17. The van der Waals surface area contributed by atoms with Crippen LogP contribution in [-0.4, -0.2) is 45.7 Å². The van der Waals surface area contributed by atoms with Crippen molar-refractivity contribution in [2.24, 2.45) is 0 Å². The second kappa shape index (κ2) is 9.61. The van der Waals surface area contributed by atoms with Crippen LogP contribution >= 0.6 is 0 Å². The van der Waals surface area contributed by atoms with E-state index in [-0.39, 0.29) is 6.61 Å². The lowest BCUT2D eigenvalue weighted by atomic mass is 10.2. The zero-order chi connectivity index (χ0) is 13.9. The van der Waals surface area contributed by atoms with Gasteiger partial charge in [-0.15, -0.1) is 0 Å². The van der Waals surface area contributed by atoms with E-state index < -0.39 is 0 Å². The van der Waals surface area contributed by atoms with Gasteiger partial charge in [-0.2, -0.15) is 0 Å². The molecule has 0 bridgehead atoms. The molecule has 0 aromatic heterocycles. The SMILES string of the molecule is COCCOc1c(CNCCCO)cccc1OC. The highest BCUT2D eigenvalue weighted by Crippen LogP contribution is 2.30. The van der Waals surface area contributed by atoms with Crippen molar-refractivity contribution in [1.82, 2.24) is 5.32 Å². The Bertz CT molecular complexity index is 357. The number of para-hydroxylation sites is 1. The van der Waals surface area contributed by atoms with Crippen molar-refractivity contribution in [2.45, 2.75) is 13.0 Å². The maximum atomic E-state index is 8.74. The van der Waals surface area contributed by atoms with E-state index in [2.05, 4.69) is 5.32 Å². The average molecular weight is 269 g/mol. The molecule has 0 unspecified atom stereocenters. The highest BCUT2D eigenvalue weighted by Gasteiger charge is 2.10. The molecule has 0 aliphatic rings. The normalized spacial score (nSPS) is 10.5. The van der Waals surface area contributed by atoms with Crippen molar-refractivity contribution >= 4 is 0 Å². The molecule has 0 fully saturated rings. The van der Waals surface area contributed by atoms with Crippen LogP contribution in [-0.2, 0) is 11.3 Å². The van der Waals surface area contributed by atoms with Gasteiger partial charge in [-0.25, -0.2) is 0 Å². The number of aliphatic hydroxyl groups is 1. The Morgan fingerprint density at radius 1 is 1.21 bits per heavy atom. The van der Waals surface area contributed by atoms with Crippen LogP contribution in [0.15, 0.2) is 18.2 Å². The predicted molar refractivity (Wildman–Crippen MR) is 73.8 cm³/mol.